The Morgan fingerprint density at radius 1 is 1.13 bits per heavy atom. The van der Waals surface area contributed by atoms with Crippen LogP contribution in [0.3, 0.4) is 0 Å². The molecule has 1 aromatic heterocycles. The summed E-state index contributed by atoms with van der Waals surface area (Å²) in [5.41, 5.74) is 0.551. The molecule has 0 saturated carbocycles. The van der Waals surface area contributed by atoms with Gasteiger partial charge in [-0.2, -0.15) is 0 Å². The predicted octanol–water partition coefficient (Wildman–Crippen LogP) is 3.09. The molecule has 3 rings (SSSR count). The summed E-state index contributed by atoms with van der Waals surface area (Å²) in [7, 11) is 0. The fraction of sp³-hybridized carbons (Fsp3) is 0.429. The smallest absolute Gasteiger partial charge is 0.234 e. The van der Waals surface area contributed by atoms with Gasteiger partial charge in [0.25, 0.3) is 0 Å². The summed E-state index contributed by atoms with van der Waals surface area (Å²) in [5.74, 6) is 0.637. The first-order valence-electron chi connectivity index (χ1n) is 10.1. The lowest BCUT2D eigenvalue weighted by Crippen LogP contribution is -2.41. The molecule has 0 unspecified atom stereocenters. The van der Waals surface area contributed by atoms with Gasteiger partial charge < -0.3 is 15.5 Å². The minimum absolute atomic E-state index is 0.0650. The average Bonchev–Trinajstić information content (AvgIpc) is 2.78. The van der Waals surface area contributed by atoms with Crippen LogP contribution in [-0.4, -0.2) is 47.4 Å². The largest absolute Gasteiger partial charge is 0.356 e. The Bertz CT molecular complexity index is 839. The number of carbonyl (C=O) groups excluding carboxylic acids is 2. The van der Waals surface area contributed by atoms with E-state index in [-0.39, 0.29) is 29.3 Å². The van der Waals surface area contributed by atoms with Crippen molar-refractivity contribution in [2.24, 2.45) is 5.92 Å². The second-order valence-electron chi connectivity index (χ2n) is 7.13. The Morgan fingerprint density at radius 3 is 2.50 bits per heavy atom. The van der Waals surface area contributed by atoms with Gasteiger partial charge in [-0.25, -0.2) is 4.39 Å². The highest BCUT2D eigenvalue weighted by Gasteiger charge is 2.25. The lowest BCUT2D eigenvalue weighted by Gasteiger charge is -2.31. The molecule has 1 aliphatic heterocycles. The van der Waals surface area contributed by atoms with Crippen molar-refractivity contribution in [2.75, 3.05) is 35.6 Å². The van der Waals surface area contributed by atoms with Crippen LogP contribution >= 0.6 is 11.8 Å². The molecular formula is C21H26FN5O2S. The van der Waals surface area contributed by atoms with Gasteiger partial charge in [0.2, 0.25) is 11.8 Å². The summed E-state index contributed by atoms with van der Waals surface area (Å²) in [6.07, 6.45) is 2.55. The van der Waals surface area contributed by atoms with Gasteiger partial charge in [0.05, 0.1) is 5.75 Å². The van der Waals surface area contributed by atoms with Crippen LogP contribution in [0.1, 0.15) is 26.2 Å². The number of piperidine rings is 1. The van der Waals surface area contributed by atoms with E-state index in [0.29, 0.717) is 10.7 Å². The number of hydrogen-bond acceptors (Lipinski definition) is 6. The number of aromatic nitrogens is 2. The van der Waals surface area contributed by atoms with Crippen molar-refractivity contribution in [1.29, 1.82) is 0 Å². The van der Waals surface area contributed by atoms with Crippen LogP contribution in [0.25, 0.3) is 0 Å². The van der Waals surface area contributed by atoms with Crippen LogP contribution in [0.5, 0.6) is 0 Å². The summed E-state index contributed by atoms with van der Waals surface area (Å²) >= 11 is 1.29. The Kier molecular flexibility index (Phi) is 8.01. The maximum Gasteiger partial charge on any atom is 0.234 e. The van der Waals surface area contributed by atoms with E-state index in [9.17, 15) is 14.0 Å². The van der Waals surface area contributed by atoms with Crippen molar-refractivity contribution in [1.82, 2.24) is 15.5 Å². The first-order chi connectivity index (χ1) is 14.5. The summed E-state index contributed by atoms with van der Waals surface area (Å²) in [6.45, 7) is 4.31. The number of halogens is 1. The second kappa shape index (κ2) is 10.9. The van der Waals surface area contributed by atoms with Gasteiger partial charge in [0, 0.05) is 31.2 Å². The molecule has 30 heavy (non-hydrogen) atoms. The number of anilines is 2. The van der Waals surface area contributed by atoms with Crippen LogP contribution in [0.15, 0.2) is 41.4 Å². The van der Waals surface area contributed by atoms with Gasteiger partial charge >= 0.3 is 0 Å². The molecule has 7 nitrogen and oxygen atoms in total. The van der Waals surface area contributed by atoms with E-state index in [4.69, 9.17) is 0 Å². The molecule has 160 valence electrons. The molecule has 1 aliphatic rings. The summed E-state index contributed by atoms with van der Waals surface area (Å²) in [4.78, 5) is 26.2. The molecule has 9 heteroatoms. The minimum atomic E-state index is -0.346. The number of hydrogen-bond donors (Lipinski definition) is 2. The van der Waals surface area contributed by atoms with Gasteiger partial charge in [0.15, 0.2) is 5.82 Å². The van der Waals surface area contributed by atoms with Crippen molar-refractivity contribution in [3.05, 3.63) is 42.2 Å². The Labute approximate surface area is 179 Å². The van der Waals surface area contributed by atoms with Crippen LogP contribution in [-0.2, 0) is 9.59 Å². The first kappa shape index (κ1) is 22.0. The van der Waals surface area contributed by atoms with Gasteiger partial charge in [-0.15, -0.1) is 10.2 Å². The van der Waals surface area contributed by atoms with Crippen molar-refractivity contribution < 1.29 is 14.0 Å². The van der Waals surface area contributed by atoms with Gasteiger partial charge in [-0.05, 0) is 55.7 Å². The number of rotatable bonds is 8. The molecule has 0 atom stereocenters. The zero-order valence-corrected chi connectivity index (χ0v) is 17.8. The topological polar surface area (TPSA) is 87.2 Å². The lowest BCUT2D eigenvalue weighted by molar-refractivity contribution is -0.125. The van der Waals surface area contributed by atoms with Gasteiger partial charge in [-0.3, -0.25) is 9.59 Å². The average molecular weight is 432 g/mol. The summed E-state index contributed by atoms with van der Waals surface area (Å²) in [6, 6.07) is 9.37. The molecule has 2 heterocycles. The van der Waals surface area contributed by atoms with Crippen molar-refractivity contribution >= 4 is 35.1 Å². The predicted molar refractivity (Wildman–Crippen MR) is 116 cm³/mol. The fourth-order valence-corrected chi connectivity index (χ4v) is 3.81. The van der Waals surface area contributed by atoms with Gasteiger partial charge in [-0.1, -0.05) is 18.7 Å². The van der Waals surface area contributed by atoms with Crippen molar-refractivity contribution in [2.45, 2.75) is 31.2 Å². The van der Waals surface area contributed by atoms with E-state index in [1.54, 1.807) is 0 Å². The van der Waals surface area contributed by atoms with Crippen LogP contribution in [0, 0.1) is 11.7 Å². The maximum absolute atomic E-state index is 12.9. The maximum atomic E-state index is 12.9. The number of carbonyl (C=O) groups is 2. The molecule has 2 amide bonds. The van der Waals surface area contributed by atoms with E-state index in [1.807, 2.05) is 19.1 Å². The van der Waals surface area contributed by atoms with E-state index in [2.05, 4.69) is 25.7 Å². The van der Waals surface area contributed by atoms with E-state index >= 15 is 0 Å². The molecule has 2 aromatic rings. The molecule has 0 aliphatic carbocycles. The third-order valence-corrected chi connectivity index (χ3v) is 5.76. The minimum Gasteiger partial charge on any atom is -0.356 e. The van der Waals surface area contributed by atoms with Crippen molar-refractivity contribution in [3.63, 3.8) is 0 Å². The number of amides is 2. The first-order valence-corrected chi connectivity index (χ1v) is 11.1. The molecule has 2 N–H and O–H groups in total. The Balaban J connectivity index is 1.43. The quantitative estimate of drug-likeness (QED) is 0.625. The number of nitrogens with one attached hydrogen (secondary N) is 2. The monoisotopic (exact) mass is 431 g/mol. The third kappa shape index (κ3) is 6.41. The van der Waals surface area contributed by atoms with E-state index in [0.717, 1.165) is 44.7 Å². The molecular weight excluding hydrogens is 405 g/mol. The van der Waals surface area contributed by atoms with Gasteiger partial charge in [0.1, 0.15) is 10.8 Å². The second-order valence-corrected chi connectivity index (χ2v) is 8.12. The highest BCUT2D eigenvalue weighted by Crippen LogP contribution is 2.23. The highest BCUT2D eigenvalue weighted by molar-refractivity contribution is 7.99. The zero-order valence-electron chi connectivity index (χ0n) is 16.9. The standard InChI is InChI=1S/C21H26FN5O2S/c1-2-11-23-21(29)15-9-12-27(13-10-15)18-7-8-20(26-25-18)30-14-19(28)24-17-5-3-16(22)4-6-17/h3-8,15H,2,9-14H2,1H3,(H,23,29)(H,24,28). The molecule has 0 bridgehead atoms. The Hall–Kier alpha value is -2.68. The van der Waals surface area contributed by atoms with Crippen molar-refractivity contribution in [3.8, 4) is 0 Å². The molecule has 1 aromatic carbocycles. The van der Waals surface area contributed by atoms with E-state index in [1.165, 1.54) is 36.0 Å². The SMILES string of the molecule is CCCNC(=O)C1CCN(c2ccc(SCC(=O)Nc3ccc(F)cc3)nn2)CC1. The summed E-state index contributed by atoms with van der Waals surface area (Å²) in [5, 5.41) is 14.8. The Morgan fingerprint density at radius 2 is 1.87 bits per heavy atom. The lowest BCUT2D eigenvalue weighted by atomic mass is 9.96. The van der Waals surface area contributed by atoms with Crippen LogP contribution in [0.4, 0.5) is 15.9 Å². The molecule has 0 radical (unpaired) electrons. The molecule has 0 spiro atoms. The summed E-state index contributed by atoms with van der Waals surface area (Å²) < 4.78 is 12.9. The number of thioether (sulfide) groups is 1. The van der Waals surface area contributed by atoms with E-state index < -0.39 is 0 Å². The molecule has 1 fully saturated rings. The number of nitrogens with zero attached hydrogens (tertiary/aromatic N) is 3. The van der Waals surface area contributed by atoms with Crippen LogP contribution < -0.4 is 15.5 Å². The third-order valence-electron chi connectivity index (χ3n) is 4.84. The highest BCUT2D eigenvalue weighted by atomic mass is 32.2. The zero-order chi connectivity index (χ0) is 21.3. The number of benzene rings is 1. The molecule has 1 saturated heterocycles. The van der Waals surface area contributed by atoms with Crippen LogP contribution in [0.2, 0.25) is 0 Å². The fourth-order valence-electron chi connectivity index (χ4n) is 3.19. The normalized spacial score (nSPS) is 14.4.